The average molecular weight is 217 g/mol. The number of fused-ring (bicyclic) bond motifs is 1. The van der Waals surface area contributed by atoms with Gasteiger partial charge in [-0.1, -0.05) is 0 Å². The van der Waals surface area contributed by atoms with Gasteiger partial charge in [0.2, 0.25) is 5.82 Å². The van der Waals surface area contributed by atoms with E-state index in [1.807, 2.05) is 0 Å². The van der Waals surface area contributed by atoms with Crippen LogP contribution in [0.3, 0.4) is 0 Å². The van der Waals surface area contributed by atoms with Crippen molar-refractivity contribution >= 4 is 5.52 Å². The van der Waals surface area contributed by atoms with Gasteiger partial charge in [0, 0.05) is 12.4 Å². The molecule has 2 heterocycles. The van der Waals surface area contributed by atoms with Crippen LogP contribution in [0.4, 0.5) is 13.2 Å². The number of imidazole rings is 1. The second-order valence-electron chi connectivity index (χ2n) is 2.87. The van der Waals surface area contributed by atoms with Crippen molar-refractivity contribution in [2.24, 2.45) is 0 Å². The molecule has 0 radical (unpaired) electrons. The number of aromatic nitrogens is 3. The molecule has 0 amide bonds. The molecular weight excluding hydrogens is 211 g/mol. The third-order valence-electron chi connectivity index (χ3n) is 1.93. The molecule has 0 spiro atoms. The van der Waals surface area contributed by atoms with Crippen LogP contribution in [0.25, 0.3) is 5.52 Å². The fourth-order valence-corrected chi connectivity index (χ4v) is 1.31. The SMILES string of the molecule is OCc1nc(C(F)(F)F)n2ccncc12. The topological polar surface area (TPSA) is 50.4 Å². The van der Waals surface area contributed by atoms with E-state index in [1.165, 1.54) is 12.4 Å². The van der Waals surface area contributed by atoms with E-state index >= 15 is 0 Å². The molecule has 0 aliphatic carbocycles. The van der Waals surface area contributed by atoms with Gasteiger partial charge >= 0.3 is 6.18 Å². The van der Waals surface area contributed by atoms with E-state index in [4.69, 9.17) is 5.11 Å². The zero-order valence-corrected chi connectivity index (χ0v) is 7.36. The molecule has 2 rings (SSSR count). The highest BCUT2D eigenvalue weighted by atomic mass is 19.4. The lowest BCUT2D eigenvalue weighted by molar-refractivity contribution is -0.145. The molecule has 0 fully saturated rings. The molecule has 0 saturated carbocycles. The summed E-state index contributed by atoms with van der Waals surface area (Å²) in [6.45, 7) is -0.550. The standard InChI is InChI=1S/C8H6F3N3O/c9-8(10,11)7-13-5(4-15)6-3-12-1-2-14(6)7/h1-3,15H,4H2. The molecule has 0 aromatic carbocycles. The second-order valence-corrected chi connectivity index (χ2v) is 2.87. The van der Waals surface area contributed by atoms with Crippen LogP contribution in [0.1, 0.15) is 11.5 Å². The van der Waals surface area contributed by atoms with Crippen LogP contribution in [0.2, 0.25) is 0 Å². The van der Waals surface area contributed by atoms with Gasteiger partial charge in [-0.05, 0) is 0 Å². The summed E-state index contributed by atoms with van der Waals surface area (Å²) in [4.78, 5) is 7.00. The summed E-state index contributed by atoms with van der Waals surface area (Å²) < 4.78 is 38.3. The van der Waals surface area contributed by atoms with E-state index in [-0.39, 0.29) is 11.2 Å². The second kappa shape index (κ2) is 3.20. The van der Waals surface area contributed by atoms with Gasteiger partial charge in [-0.15, -0.1) is 0 Å². The summed E-state index contributed by atoms with van der Waals surface area (Å²) in [6.07, 6.45) is -0.930. The Balaban J connectivity index is 2.76. The molecule has 7 heteroatoms. The Morgan fingerprint density at radius 2 is 2.13 bits per heavy atom. The van der Waals surface area contributed by atoms with Crippen molar-refractivity contribution in [3.63, 3.8) is 0 Å². The fourth-order valence-electron chi connectivity index (χ4n) is 1.31. The minimum absolute atomic E-state index is 0.0320. The molecule has 0 unspecified atom stereocenters. The van der Waals surface area contributed by atoms with Crippen LogP contribution in [-0.4, -0.2) is 19.5 Å². The molecular formula is C8H6F3N3O. The highest BCUT2D eigenvalue weighted by Crippen LogP contribution is 2.29. The summed E-state index contributed by atoms with van der Waals surface area (Å²) >= 11 is 0. The van der Waals surface area contributed by atoms with Gasteiger partial charge in [-0.2, -0.15) is 13.2 Å². The van der Waals surface area contributed by atoms with Gasteiger partial charge in [-0.3, -0.25) is 9.38 Å². The molecule has 4 nitrogen and oxygen atoms in total. The van der Waals surface area contributed by atoms with Gasteiger partial charge in [0.1, 0.15) is 0 Å². The quantitative estimate of drug-likeness (QED) is 0.781. The van der Waals surface area contributed by atoms with Crippen LogP contribution in [0.15, 0.2) is 18.6 Å². The normalized spacial score (nSPS) is 12.3. The monoisotopic (exact) mass is 217 g/mol. The first-order valence-electron chi connectivity index (χ1n) is 4.03. The predicted molar refractivity (Wildman–Crippen MR) is 43.9 cm³/mol. The number of aliphatic hydroxyl groups excluding tert-OH is 1. The zero-order valence-electron chi connectivity index (χ0n) is 7.36. The lowest BCUT2D eigenvalue weighted by atomic mass is 10.4. The van der Waals surface area contributed by atoms with Crippen LogP contribution in [0, 0.1) is 0 Å². The molecule has 2 aromatic heterocycles. The summed E-state index contributed by atoms with van der Waals surface area (Å²) in [5.74, 6) is -1.05. The van der Waals surface area contributed by atoms with Crippen molar-refractivity contribution in [3.05, 3.63) is 30.1 Å². The third kappa shape index (κ3) is 1.54. The number of rotatable bonds is 1. The molecule has 0 atom stereocenters. The van der Waals surface area contributed by atoms with Crippen molar-refractivity contribution in [3.8, 4) is 0 Å². The largest absolute Gasteiger partial charge is 0.450 e. The predicted octanol–water partition coefficient (Wildman–Crippen LogP) is 1.24. The number of halogens is 3. The van der Waals surface area contributed by atoms with Crippen molar-refractivity contribution < 1.29 is 18.3 Å². The molecule has 1 N–H and O–H groups in total. The Kier molecular flexibility index (Phi) is 2.11. The van der Waals surface area contributed by atoms with Gasteiger partial charge in [0.05, 0.1) is 24.0 Å². The van der Waals surface area contributed by atoms with E-state index < -0.39 is 18.6 Å². The maximum absolute atomic E-state index is 12.5. The number of nitrogens with zero attached hydrogens (tertiary/aromatic N) is 3. The summed E-state index contributed by atoms with van der Waals surface area (Å²) in [6, 6.07) is 0. The Morgan fingerprint density at radius 3 is 2.73 bits per heavy atom. The van der Waals surface area contributed by atoms with Crippen LogP contribution in [-0.2, 0) is 12.8 Å². The number of hydrogen-bond acceptors (Lipinski definition) is 3. The molecule has 0 aliphatic heterocycles. The lowest BCUT2D eigenvalue weighted by Gasteiger charge is -2.03. The highest BCUT2D eigenvalue weighted by molar-refractivity contribution is 5.51. The van der Waals surface area contributed by atoms with E-state index in [0.717, 1.165) is 10.6 Å². The van der Waals surface area contributed by atoms with Crippen molar-refractivity contribution in [1.29, 1.82) is 0 Å². The molecule has 15 heavy (non-hydrogen) atoms. The van der Waals surface area contributed by atoms with Gasteiger partial charge in [0.25, 0.3) is 0 Å². The fraction of sp³-hybridized carbons (Fsp3) is 0.250. The number of hydrogen-bond donors (Lipinski definition) is 1. The lowest BCUT2D eigenvalue weighted by Crippen LogP contribution is -2.10. The van der Waals surface area contributed by atoms with E-state index in [0.29, 0.717) is 0 Å². The molecule has 0 bridgehead atoms. The van der Waals surface area contributed by atoms with Crippen molar-refractivity contribution in [2.45, 2.75) is 12.8 Å². The van der Waals surface area contributed by atoms with E-state index in [2.05, 4.69) is 9.97 Å². The van der Waals surface area contributed by atoms with Gasteiger partial charge in [-0.25, -0.2) is 4.98 Å². The van der Waals surface area contributed by atoms with Gasteiger partial charge in [0.15, 0.2) is 0 Å². The van der Waals surface area contributed by atoms with Crippen LogP contribution < -0.4 is 0 Å². The molecule has 0 saturated heterocycles. The smallest absolute Gasteiger partial charge is 0.390 e. The van der Waals surface area contributed by atoms with Crippen LogP contribution >= 0.6 is 0 Å². The van der Waals surface area contributed by atoms with Crippen LogP contribution in [0.5, 0.6) is 0 Å². The molecule has 0 aliphatic rings. The minimum Gasteiger partial charge on any atom is -0.390 e. The zero-order chi connectivity index (χ0) is 11.1. The Labute approximate surface area is 82.0 Å². The minimum atomic E-state index is -4.54. The Morgan fingerprint density at radius 1 is 1.40 bits per heavy atom. The first kappa shape index (κ1) is 9.91. The summed E-state index contributed by atoms with van der Waals surface area (Å²) in [5, 5.41) is 8.84. The maximum atomic E-state index is 12.5. The first-order chi connectivity index (χ1) is 7.04. The summed E-state index contributed by atoms with van der Waals surface area (Å²) in [7, 11) is 0. The molecule has 80 valence electrons. The van der Waals surface area contributed by atoms with Crippen molar-refractivity contribution in [2.75, 3.05) is 0 Å². The maximum Gasteiger partial charge on any atom is 0.450 e. The Hall–Kier alpha value is -1.63. The Bertz CT molecular complexity index is 491. The summed E-state index contributed by atoms with van der Waals surface area (Å²) in [5.41, 5.74) is 0.128. The number of aliphatic hydroxyl groups is 1. The van der Waals surface area contributed by atoms with E-state index in [9.17, 15) is 13.2 Å². The van der Waals surface area contributed by atoms with Crippen molar-refractivity contribution in [1.82, 2.24) is 14.4 Å². The average Bonchev–Trinajstić information content (AvgIpc) is 2.55. The third-order valence-corrected chi connectivity index (χ3v) is 1.93. The van der Waals surface area contributed by atoms with Gasteiger partial charge < -0.3 is 5.11 Å². The number of alkyl halides is 3. The highest BCUT2D eigenvalue weighted by Gasteiger charge is 2.36. The molecule has 2 aromatic rings. The first-order valence-corrected chi connectivity index (χ1v) is 4.03. The van der Waals surface area contributed by atoms with E-state index in [1.54, 1.807) is 0 Å².